The maximum absolute atomic E-state index is 13.2. The second kappa shape index (κ2) is 6.93. The van der Waals surface area contributed by atoms with Crippen molar-refractivity contribution < 1.29 is 19.4 Å². The predicted molar refractivity (Wildman–Crippen MR) is 89.8 cm³/mol. The highest BCUT2D eigenvalue weighted by Gasteiger charge is 2.44. The van der Waals surface area contributed by atoms with E-state index in [1.165, 1.54) is 0 Å². The fourth-order valence-corrected chi connectivity index (χ4v) is 4.11. The molecule has 2 aliphatic rings. The Morgan fingerprint density at radius 2 is 1.92 bits per heavy atom. The monoisotopic (exact) mass is 331 g/mol. The molecule has 130 valence electrons. The summed E-state index contributed by atoms with van der Waals surface area (Å²) < 4.78 is 5.50. The summed E-state index contributed by atoms with van der Waals surface area (Å²) in [5, 5.41) is 12.3. The van der Waals surface area contributed by atoms with E-state index in [-0.39, 0.29) is 17.9 Å². The summed E-state index contributed by atoms with van der Waals surface area (Å²) >= 11 is 0. The zero-order valence-corrected chi connectivity index (χ0v) is 14.1. The van der Waals surface area contributed by atoms with Crippen LogP contribution in [0.15, 0.2) is 24.3 Å². The van der Waals surface area contributed by atoms with E-state index < -0.39 is 11.4 Å². The van der Waals surface area contributed by atoms with Crippen molar-refractivity contribution in [2.24, 2.45) is 5.92 Å². The number of amides is 1. The van der Waals surface area contributed by atoms with Gasteiger partial charge in [-0.25, -0.2) is 0 Å². The minimum atomic E-state index is -0.758. The molecule has 1 aliphatic heterocycles. The van der Waals surface area contributed by atoms with Crippen LogP contribution in [-0.4, -0.2) is 36.2 Å². The Kier molecular flexibility index (Phi) is 4.90. The molecule has 1 saturated heterocycles. The van der Waals surface area contributed by atoms with Gasteiger partial charge in [-0.1, -0.05) is 24.3 Å². The summed E-state index contributed by atoms with van der Waals surface area (Å²) in [6.07, 6.45) is 3.24. The Hall–Kier alpha value is -1.88. The Labute approximate surface area is 142 Å². The van der Waals surface area contributed by atoms with Gasteiger partial charge < -0.3 is 15.2 Å². The maximum atomic E-state index is 13.2. The summed E-state index contributed by atoms with van der Waals surface area (Å²) in [5.41, 5.74) is 1.62. The van der Waals surface area contributed by atoms with Gasteiger partial charge in [-0.2, -0.15) is 0 Å². The Morgan fingerprint density at radius 3 is 2.54 bits per heavy atom. The van der Waals surface area contributed by atoms with Gasteiger partial charge in [0.2, 0.25) is 5.91 Å². The van der Waals surface area contributed by atoms with E-state index >= 15 is 0 Å². The molecule has 1 amide bonds. The number of carboxylic acid groups (broad SMARTS) is 1. The van der Waals surface area contributed by atoms with E-state index in [9.17, 15) is 9.59 Å². The number of rotatable bonds is 4. The van der Waals surface area contributed by atoms with Gasteiger partial charge in [0.05, 0.1) is 11.3 Å². The number of carbonyl (C=O) groups is 2. The standard InChI is InChI=1S/C19H25NO4/c1-13-4-2-3-5-16(13)19(8-10-24-11-9-19)18(23)20-15-7-6-14(12-15)17(21)22/h2-5,14-15H,6-12H2,1H3,(H,20,23)(H,21,22)/t14-,15+/m1/s1. The number of aryl methyl sites for hydroxylation is 1. The van der Waals surface area contributed by atoms with E-state index in [0.717, 1.165) is 17.5 Å². The second-order valence-corrected chi connectivity index (χ2v) is 7.03. The number of carboxylic acids is 1. The molecule has 0 unspecified atom stereocenters. The lowest BCUT2D eigenvalue weighted by molar-refractivity contribution is -0.141. The van der Waals surface area contributed by atoms with Crippen LogP contribution in [0.25, 0.3) is 0 Å². The van der Waals surface area contributed by atoms with E-state index in [1.54, 1.807) is 0 Å². The highest BCUT2D eigenvalue weighted by atomic mass is 16.5. The van der Waals surface area contributed by atoms with Crippen molar-refractivity contribution in [3.05, 3.63) is 35.4 Å². The molecule has 5 nitrogen and oxygen atoms in total. The summed E-state index contributed by atoms with van der Waals surface area (Å²) in [6, 6.07) is 7.99. The van der Waals surface area contributed by atoms with E-state index in [0.29, 0.717) is 38.9 Å². The molecule has 24 heavy (non-hydrogen) atoms. The Balaban J connectivity index is 1.81. The van der Waals surface area contributed by atoms with Crippen molar-refractivity contribution in [3.8, 4) is 0 Å². The van der Waals surface area contributed by atoms with Crippen LogP contribution in [0.4, 0.5) is 0 Å². The van der Waals surface area contributed by atoms with E-state index in [4.69, 9.17) is 9.84 Å². The first-order chi connectivity index (χ1) is 11.5. The van der Waals surface area contributed by atoms with Crippen LogP contribution in [0.3, 0.4) is 0 Å². The minimum absolute atomic E-state index is 0.0242. The van der Waals surface area contributed by atoms with Crippen molar-refractivity contribution in [2.45, 2.75) is 50.5 Å². The molecule has 2 fully saturated rings. The molecule has 5 heteroatoms. The zero-order chi connectivity index (χ0) is 17.2. The number of nitrogens with one attached hydrogen (secondary N) is 1. The van der Waals surface area contributed by atoms with Gasteiger partial charge >= 0.3 is 5.97 Å². The van der Waals surface area contributed by atoms with Crippen LogP contribution < -0.4 is 5.32 Å². The highest BCUT2D eigenvalue weighted by Crippen LogP contribution is 2.38. The molecule has 0 aromatic heterocycles. The van der Waals surface area contributed by atoms with Crippen LogP contribution in [0, 0.1) is 12.8 Å². The number of hydrogen-bond acceptors (Lipinski definition) is 3. The molecule has 1 saturated carbocycles. The number of aliphatic carboxylic acids is 1. The summed E-state index contributed by atoms with van der Waals surface area (Å²) in [6.45, 7) is 3.18. The average molecular weight is 331 g/mol. The van der Waals surface area contributed by atoms with Crippen molar-refractivity contribution in [1.29, 1.82) is 0 Å². The molecule has 0 radical (unpaired) electrons. The summed E-state index contributed by atoms with van der Waals surface area (Å²) in [5.74, 6) is -1.07. The third kappa shape index (κ3) is 3.18. The topological polar surface area (TPSA) is 75.6 Å². The molecule has 1 heterocycles. The molecule has 1 aliphatic carbocycles. The van der Waals surface area contributed by atoms with Crippen molar-refractivity contribution in [2.75, 3.05) is 13.2 Å². The third-order valence-electron chi connectivity index (χ3n) is 5.56. The lowest BCUT2D eigenvalue weighted by Crippen LogP contribution is -2.50. The van der Waals surface area contributed by atoms with Crippen molar-refractivity contribution in [3.63, 3.8) is 0 Å². The van der Waals surface area contributed by atoms with Crippen LogP contribution in [0.5, 0.6) is 0 Å². The Morgan fingerprint density at radius 1 is 1.21 bits per heavy atom. The first kappa shape index (κ1) is 17.0. The Bertz CT molecular complexity index is 622. The highest BCUT2D eigenvalue weighted by molar-refractivity contribution is 5.89. The first-order valence-electron chi connectivity index (χ1n) is 8.70. The minimum Gasteiger partial charge on any atom is -0.481 e. The van der Waals surface area contributed by atoms with Crippen LogP contribution in [0.2, 0.25) is 0 Å². The largest absolute Gasteiger partial charge is 0.481 e. The van der Waals surface area contributed by atoms with Gasteiger partial charge in [-0.05, 0) is 50.2 Å². The molecule has 2 N–H and O–H groups in total. The number of hydrogen-bond donors (Lipinski definition) is 2. The average Bonchev–Trinajstić information content (AvgIpc) is 3.04. The molecular weight excluding hydrogens is 306 g/mol. The van der Waals surface area contributed by atoms with Crippen LogP contribution in [-0.2, 0) is 19.7 Å². The lowest BCUT2D eigenvalue weighted by Gasteiger charge is -2.38. The molecule has 0 bridgehead atoms. The van der Waals surface area contributed by atoms with Gasteiger partial charge in [-0.15, -0.1) is 0 Å². The van der Waals surface area contributed by atoms with E-state index in [2.05, 4.69) is 5.32 Å². The van der Waals surface area contributed by atoms with Gasteiger partial charge in [0, 0.05) is 19.3 Å². The van der Waals surface area contributed by atoms with Crippen molar-refractivity contribution >= 4 is 11.9 Å². The van der Waals surface area contributed by atoms with Crippen LogP contribution >= 0.6 is 0 Å². The smallest absolute Gasteiger partial charge is 0.306 e. The molecule has 2 atom stereocenters. The molecule has 3 rings (SSSR count). The van der Waals surface area contributed by atoms with Gasteiger partial charge in [0.1, 0.15) is 0 Å². The second-order valence-electron chi connectivity index (χ2n) is 7.03. The lowest BCUT2D eigenvalue weighted by atomic mass is 9.71. The van der Waals surface area contributed by atoms with Crippen LogP contribution in [0.1, 0.15) is 43.2 Å². The maximum Gasteiger partial charge on any atom is 0.306 e. The number of ether oxygens (including phenoxy) is 1. The van der Waals surface area contributed by atoms with Gasteiger partial charge in [0.15, 0.2) is 0 Å². The molecule has 0 spiro atoms. The molecule has 1 aromatic rings. The zero-order valence-electron chi connectivity index (χ0n) is 14.1. The van der Waals surface area contributed by atoms with Gasteiger partial charge in [0.25, 0.3) is 0 Å². The quantitative estimate of drug-likeness (QED) is 0.888. The number of carbonyl (C=O) groups excluding carboxylic acids is 1. The van der Waals surface area contributed by atoms with Gasteiger partial charge in [-0.3, -0.25) is 9.59 Å². The summed E-state index contributed by atoms with van der Waals surface area (Å²) in [4.78, 5) is 24.3. The van der Waals surface area contributed by atoms with E-state index in [1.807, 2.05) is 31.2 Å². The summed E-state index contributed by atoms with van der Waals surface area (Å²) in [7, 11) is 0. The predicted octanol–water partition coefficient (Wildman–Crippen LogP) is 2.41. The number of benzene rings is 1. The fourth-order valence-electron chi connectivity index (χ4n) is 4.11. The van der Waals surface area contributed by atoms with Crippen molar-refractivity contribution in [1.82, 2.24) is 5.32 Å². The SMILES string of the molecule is Cc1ccccc1C1(C(=O)N[C@H]2CC[C@@H](C(=O)O)C2)CCOCC1. The normalized spacial score (nSPS) is 26.0. The first-order valence-corrected chi connectivity index (χ1v) is 8.70. The fraction of sp³-hybridized carbons (Fsp3) is 0.579. The molecular formula is C19H25NO4. The molecule has 1 aromatic carbocycles. The third-order valence-corrected chi connectivity index (χ3v) is 5.56.